The Labute approximate surface area is 346 Å². The van der Waals surface area contributed by atoms with Gasteiger partial charge in [0.25, 0.3) is 5.91 Å². The summed E-state index contributed by atoms with van der Waals surface area (Å²) < 4.78 is 12.6. The van der Waals surface area contributed by atoms with Crippen LogP contribution in [0.4, 0.5) is 0 Å². The Hall–Kier alpha value is -5.31. The van der Waals surface area contributed by atoms with Gasteiger partial charge in [-0.05, 0) is 62.3 Å². The molecular weight excluding hydrogens is 757 g/mol. The minimum absolute atomic E-state index is 0.0428. The number of hydrogen-bond donors (Lipinski definition) is 4. The molecule has 1 saturated heterocycles. The third kappa shape index (κ3) is 12.4. The number of likely N-dealkylation sites (N-methyl/N-ethyl adjacent to an activating group) is 1. The number of Topliss-reactive ketones (excluding diaryl/α,β-unsaturated/α-hetero) is 1. The van der Waals surface area contributed by atoms with Gasteiger partial charge < -0.3 is 40.5 Å². The topological polar surface area (TPSA) is 193 Å². The fourth-order valence-corrected chi connectivity index (χ4v) is 8.12. The number of hydrogen-bond acceptors (Lipinski definition) is 9. The van der Waals surface area contributed by atoms with E-state index in [1.165, 1.54) is 9.80 Å². The Kier molecular flexibility index (Phi) is 15.6. The van der Waals surface area contributed by atoms with Gasteiger partial charge >= 0.3 is 0 Å². The van der Waals surface area contributed by atoms with Gasteiger partial charge in [0.15, 0.2) is 0 Å². The average Bonchev–Trinajstić information content (AvgIpc) is 3.63. The van der Waals surface area contributed by atoms with Crippen molar-refractivity contribution in [2.45, 2.75) is 121 Å². The van der Waals surface area contributed by atoms with E-state index in [0.717, 1.165) is 37.7 Å². The summed E-state index contributed by atoms with van der Waals surface area (Å²) in [5, 5.41) is 10.7. The lowest BCUT2D eigenvalue weighted by Gasteiger charge is -2.35. The highest BCUT2D eigenvalue weighted by Crippen LogP contribution is 2.32. The van der Waals surface area contributed by atoms with E-state index in [4.69, 9.17) is 9.47 Å². The lowest BCUT2D eigenvalue weighted by atomic mass is 9.83. The molecule has 2 heterocycles. The van der Waals surface area contributed by atoms with Gasteiger partial charge in [-0.1, -0.05) is 75.1 Å². The van der Waals surface area contributed by atoms with Gasteiger partial charge in [-0.2, -0.15) is 0 Å². The summed E-state index contributed by atoms with van der Waals surface area (Å²) >= 11 is 0. The number of carbonyl (C=O) groups excluding carboxylic acids is 7. The van der Waals surface area contributed by atoms with Crippen LogP contribution in [0.25, 0.3) is 0 Å². The maximum absolute atomic E-state index is 14.7. The number of ketones is 1. The molecule has 15 nitrogen and oxygen atoms in total. The molecule has 5 rings (SSSR count). The summed E-state index contributed by atoms with van der Waals surface area (Å²) in [4.78, 5) is 98.0. The summed E-state index contributed by atoms with van der Waals surface area (Å²) in [5.74, 6) is -3.95. The third-order valence-electron chi connectivity index (χ3n) is 11.2. The first kappa shape index (κ1) is 44.8. The Morgan fingerprint density at radius 1 is 0.966 bits per heavy atom. The molecular formula is C44H60N6O9. The first-order chi connectivity index (χ1) is 28.1. The van der Waals surface area contributed by atoms with Gasteiger partial charge in [-0.3, -0.25) is 33.6 Å². The van der Waals surface area contributed by atoms with Crippen LogP contribution in [-0.4, -0.2) is 115 Å². The molecule has 3 aliphatic rings. The molecule has 2 fully saturated rings. The highest BCUT2D eigenvalue weighted by atomic mass is 16.5. The predicted molar refractivity (Wildman–Crippen MR) is 219 cm³/mol. The van der Waals surface area contributed by atoms with Crippen molar-refractivity contribution < 1.29 is 43.0 Å². The van der Waals surface area contributed by atoms with Crippen LogP contribution in [0.5, 0.6) is 5.75 Å². The van der Waals surface area contributed by atoms with Gasteiger partial charge in [-0.25, -0.2) is 0 Å². The minimum atomic E-state index is -1.25. The second-order valence-corrected chi connectivity index (χ2v) is 16.6. The zero-order chi connectivity index (χ0) is 42.7. The van der Waals surface area contributed by atoms with Crippen molar-refractivity contribution in [3.63, 3.8) is 0 Å². The molecule has 0 aromatic heterocycles. The van der Waals surface area contributed by atoms with Crippen molar-refractivity contribution in [2.24, 2.45) is 5.92 Å². The summed E-state index contributed by atoms with van der Waals surface area (Å²) in [5.41, 5.74) is 0.593. The Morgan fingerprint density at radius 2 is 1.69 bits per heavy atom. The van der Waals surface area contributed by atoms with Gasteiger partial charge in [0, 0.05) is 33.5 Å². The minimum Gasteiger partial charge on any atom is -0.493 e. The standard InChI is InChI=1S/C44H60N6O9/c1-6-14-33(39(53)41(55)45-26-36(52)48-37(42(56)49(4)5)29-16-9-7-10-17-29)46-40(54)34-25-32-27-50(34)43(57)38(30-18-11-8-12-19-30)47-35(51)24-28-15-13-20-31(23-28)58-22-21-44(2,3)59-32/h7,9-10,13,15-17,20,23,30,32-34,37-38H,6,8,11-12,14,18-19,21-22,24-27H2,1-5H3,(H,45,55)(H,46,54)(H,47,51)(H,48,52)/t32-,33+,34?,37+,38+/m1/s1. The molecule has 59 heavy (non-hydrogen) atoms. The molecule has 2 aromatic carbocycles. The molecule has 15 heteroatoms. The number of rotatable bonds is 12. The molecule has 5 atom stereocenters. The summed E-state index contributed by atoms with van der Waals surface area (Å²) in [6.07, 6.45) is 5.03. The van der Waals surface area contributed by atoms with Crippen molar-refractivity contribution >= 4 is 41.2 Å². The fourth-order valence-electron chi connectivity index (χ4n) is 8.12. The van der Waals surface area contributed by atoms with E-state index < -0.39 is 65.9 Å². The average molecular weight is 817 g/mol. The molecule has 0 spiro atoms. The molecule has 4 bridgehead atoms. The zero-order valence-corrected chi connectivity index (χ0v) is 34.9. The smallest absolute Gasteiger partial charge is 0.290 e. The van der Waals surface area contributed by atoms with E-state index in [0.29, 0.717) is 30.8 Å². The molecule has 2 aliphatic heterocycles. The lowest BCUT2D eigenvalue weighted by Crippen LogP contribution is -2.58. The van der Waals surface area contributed by atoms with Crippen LogP contribution in [0, 0.1) is 5.92 Å². The number of ether oxygens (including phenoxy) is 2. The SMILES string of the molecule is CCC[C@H](NC(=O)C1C[C@@H]2CN1C(=O)[C@H](C1CCCCC1)NC(=O)Cc1cccc(c1)OCCC(C)(C)O2)C(=O)C(=O)NCC(=O)N[C@H](C(=O)N(C)C)c1ccccc1. The third-order valence-corrected chi connectivity index (χ3v) is 11.2. The Morgan fingerprint density at radius 3 is 2.39 bits per heavy atom. The molecule has 6 amide bonds. The maximum Gasteiger partial charge on any atom is 0.290 e. The van der Waals surface area contributed by atoms with Crippen LogP contribution in [-0.2, 0) is 44.7 Å². The van der Waals surface area contributed by atoms with Gasteiger partial charge in [0.05, 0.1) is 37.3 Å². The largest absolute Gasteiger partial charge is 0.493 e. The number of amides is 6. The molecule has 0 radical (unpaired) electrons. The summed E-state index contributed by atoms with van der Waals surface area (Å²) in [6.45, 7) is 5.48. The van der Waals surface area contributed by atoms with E-state index in [9.17, 15) is 33.6 Å². The van der Waals surface area contributed by atoms with Crippen molar-refractivity contribution in [1.82, 2.24) is 31.1 Å². The molecule has 4 N–H and O–H groups in total. The highest BCUT2D eigenvalue weighted by molar-refractivity contribution is 6.38. The maximum atomic E-state index is 14.7. The first-order valence-corrected chi connectivity index (χ1v) is 20.8. The van der Waals surface area contributed by atoms with Crippen molar-refractivity contribution in [3.8, 4) is 5.75 Å². The van der Waals surface area contributed by atoms with Gasteiger partial charge in [0.2, 0.25) is 35.3 Å². The van der Waals surface area contributed by atoms with Crippen molar-refractivity contribution in [2.75, 3.05) is 33.8 Å². The quantitative estimate of drug-likeness (QED) is 0.233. The Balaban J connectivity index is 1.32. The lowest BCUT2D eigenvalue weighted by molar-refractivity contribution is -0.144. The molecule has 1 unspecified atom stereocenters. The molecule has 1 saturated carbocycles. The van der Waals surface area contributed by atoms with Crippen LogP contribution in [0.3, 0.4) is 0 Å². The van der Waals surface area contributed by atoms with Gasteiger partial charge in [0.1, 0.15) is 23.9 Å². The zero-order valence-electron chi connectivity index (χ0n) is 34.9. The van der Waals surface area contributed by atoms with E-state index in [1.54, 1.807) is 51.4 Å². The summed E-state index contributed by atoms with van der Waals surface area (Å²) in [7, 11) is 3.12. The predicted octanol–water partition coefficient (Wildman–Crippen LogP) is 2.76. The van der Waals surface area contributed by atoms with E-state index in [1.807, 2.05) is 38.1 Å². The van der Waals surface area contributed by atoms with Crippen LogP contribution in [0.2, 0.25) is 0 Å². The Bertz CT molecular complexity index is 1830. The number of fused-ring (bicyclic) bond motifs is 4. The monoisotopic (exact) mass is 816 g/mol. The van der Waals surface area contributed by atoms with E-state index in [2.05, 4.69) is 21.3 Å². The second-order valence-electron chi connectivity index (χ2n) is 16.6. The van der Waals surface area contributed by atoms with Crippen molar-refractivity contribution in [3.05, 3.63) is 65.7 Å². The fraction of sp³-hybridized carbons (Fsp3) is 0.568. The van der Waals surface area contributed by atoms with Gasteiger partial charge in [-0.15, -0.1) is 0 Å². The van der Waals surface area contributed by atoms with Crippen molar-refractivity contribution in [1.29, 1.82) is 0 Å². The number of carbonyl (C=O) groups is 7. The van der Waals surface area contributed by atoms with E-state index >= 15 is 0 Å². The number of nitrogens with zero attached hydrogens (tertiary/aromatic N) is 2. The van der Waals surface area contributed by atoms with Crippen LogP contribution in [0.1, 0.15) is 95.7 Å². The number of benzene rings is 2. The normalized spacial score (nSPS) is 22.2. The van der Waals surface area contributed by atoms with Crippen LogP contribution in [0.15, 0.2) is 54.6 Å². The second kappa shape index (κ2) is 20.6. The van der Waals surface area contributed by atoms with E-state index in [-0.39, 0.29) is 49.4 Å². The molecule has 320 valence electrons. The first-order valence-electron chi connectivity index (χ1n) is 20.8. The molecule has 1 aliphatic carbocycles. The number of nitrogens with one attached hydrogen (secondary N) is 4. The van der Waals surface area contributed by atoms with Crippen LogP contribution >= 0.6 is 0 Å². The highest BCUT2D eigenvalue weighted by Gasteiger charge is 2.46. The molecule has 2 aromatic rings. The van der Waals surface area contributed by atoms with Crippen LogP contribution < -0.4 is 26.0 Å². The summed E-state index contributed by atoms with van der Waals surface area (Å²) in [6, 6.07) is 11.8.